The van der Waals surface area contributed by atoms with E-state index in [0.29, 0.717) is 0 Å². The number of rotatable bonds is 7. The second-order valence-electron chi connectivity index (χ2n) is 5.66. The molecule has 0 aliphatic carbocycles. The van der Waals surface area contributed by atoms with Crippen molar-refractivity contribution in [2.24, 2.45) is 0 Å². The van der Waals surface area contributed by atoms with Crippen LogP contribution in [0.4, 0.5) is 4.39 Å². The third-order valence-corrected chi connectivity index (χ3v) is 4.41. The SMILES string of the molecule is CCNC(CCN1CCCC1CC)c1ccccc1F. The van der Waals surface area contributed by atoms with Crippen molar-refractivity contribution >= 4 is 0 Å². The van der Waals surface area contributed by atoms with Gasteiger partial charge in [-0.1, -0.05) is 32.0 Å². The van der Waals surface area contributed by atoms with E-state index < -0.39 is 0 Å². The van der Waals surface area contributed by atoms with E-state index in [2.05, 4.69) is 24.1 Å². The minimum atomic E-state index is -0.0908. The Morgan fingerprint density at radius 3 is 2.85 bits per heavy atom. The normalized spacial score (nSPS) is 21.2. The standard InChI is InChI=1S/C17H27FN2/c1-3-14-8-7-12-20(14)13-11-17(19-4-2)15-9-5-6-10-16(15)18/h5-6,9-10,14,17,19H,3-4,7-8,11-13H2,1-2H3. The molecule has 2 nitrogen and oxygen atoms in total. The zero-order chi connectivity index (χ0) is 14.4. The summed E-state index contributed by atoms with van der Waals surface area (Å²) in [6, 6.07) is 8.01. The third kappa shape index (κ3) is 3.80. The molecular formula is C17H27FN2. The zero-order valence-corrected chi connectivity index (χ0v) is 12.7. The van der Waals surface area contributed by atoms with E-state index in [1.54, 1.807) is 12.1 Å². The fraction of sp³-hybridized carbons (Fsp3) is 0.647. The lowest BCUT2D eigenvalue weighted by Gasteiger charge is -2.26. The van der Waals surface area contributed by atoms with Gasteiger partial charge in [-0.05, 0) is 44.8 Å². The fourth-order valence-electron chi connectivity index (χ4n) is 3.32. The highest BCUT2D eigenvalue weighted by atomic mass is 19.1. The molecule has 20 heavy (non-hydrogen) atoms. The first-order chi connectivity index (χ1) is 9.76. The minimum absolute atomic E-state index is 0.0908. The minimum Gasteiger partial charge on any atom is -0.310 e. The van der Waals surface area contributed by atoms with Crippen LogP contribution in [0.25, 0.3) is 0 Å². The number of nitrogens with zero attached hydrogens (tertiary/aromatic N) is 1. The highest BCUT2D eigenvalue weighted by molar-refractivity contribution is 5.21. The molecule has 0 saturated carbocycles. The summed E-state index contributed by atoms with van der Waals surface area (Å²) in [5, 5.41) is 3.43. The molecule has 1 aromatic rings. The van der Waals surface area contributed by atoms with E-state index in [-0.39, 0.29) is 11.9 Å². The van der Waals surface area contributed by atoms with E-state index in [1.807, 2.05) is 12.1 Å². The first kappa shape index (κ1) is 15.5. The van der Waals surface area contributed by atoms with Gasteiger partial charge in [-0.25, -0.2) is 4.39 Å². The van der Waals surface area contributed by atoms with Crippen LogP contribution in [-0.2, 0) is 0 Å². The Balaban J connectivity index is 1.97. The van der Waals surface area contributed by atoms with Crippen LogP contribution in [0.15, 0.2) is 24.3 Å². The largest absolute Gasteiger partial charge is 0.310 e. The van der Waals surface area contributed by atoms with Crippen molar-refractivity contribution in [3.05, 3.63) is 35.6 Å². The average molecular weight is 278 g/mol. The number of hydrogen-bond acceptors (Lipinski definition) is 2. The van der Waals surface area contributed by atoms with Gasteiger partial charge in [0, 0.05) is 24.2 Å². The molecule has 1 aromatic carbocycles. The lowest BCUT2D eigenvalue weighted by Crippen LogP contribution is -2.33. The maximum atomic E-state index is 14.0. The van der Waals surface area contributed by atoms with Crippen LogP contribution in [0.1, 0.15) is 51.1 Å². The highest BCUT2D eigenvalue weighted by Gasteiger charge is 2.24. The first-order valence-corrected chi connectivity index (χ1v) is 7.98. The monoisotopic (exact) mass is 278 g/mol. The molecule has 3 heteroatoms. The van der Waals surface area contributed by atoms with Crippen LogP contribution in [0.5, 0.6) is 0 Å². The van der Waals surface area contributed by atoms with Crippen LogP contribution in [0, 0.1) is 5.82 Å². The van der Waals surface area contributed by atoms with Gasteiger partial charge in [0.15, 0.2) is 0 Å². The molecule has 112 valence electrons. The van der Waals surface area contributed by atoms with Gasteiger partial charge >= 0.3 is 0 Å². The molecule has 2 atom stereocenters. The molecule has 2 unspecified atom stereocenters. The topological polar surface area (TPSA) is 15.3 Å². The van der Waals surface area contributed by atoms with Crippen LogP contribution < -0.4 is 5.32 Å². The van der Waals surface area contributed by atoms with E-state index in [9.17, 15) is 4.39 Å². The lowest BCUT2D eigenvalue weighted by atomic mass is 10.0. The van der Waals surface area contributed by atoms with Crippen molar-refractivity contribution in [1.82, 2.24) is 10.2 Å². The summed E-state index contributed by atoms with van der Waals surface area (Å²) < 4.78 is 14.0. The Kier molecular flexibility index (Phi) is 5.99. The van der Waals surface area contributed by atoms with Crippen molar-refractivity contribution in [3.8, 4) is 0 Å². The van der Waals surface area contributed by atoms with Gasteiger partial charge in [-0.15, -0.1) is 0 Å². The summed E-state index contributed by atoms with van der Waals surface area (Å²) in [5.74, 6) is -0.0908. The van der Waals surface area contributed by atoms with Gasteiger partial charge in [0.1, 0.15) is 5.82 Å². The van der Waals surface area contributed by atoms with Crippen molar-refractivity contribution < 1.29 is 4.39 Å². The molecule has 1 N–H and O–H groups in total. The summed E-state index contributed by atoms with van der Waals surface area (Å²) in [4.78, 5) is 2.57. The molecule has 0 spiro atoms. The maximum Gasteiger partial charge on any atom is 0.127 e. The second-order valence-corrected chi connectivity index (χ2v) is 5.66. The van der Waals surface area contributed by atoms with E-state index in [4.69, 9.17) is 0 Å². The van der Waals surface area contributed by atoms with E-state index in [0.717, 1.165) is 31.1 Å². The molecule has 0 aromatic heterocycles. The maximum absolute atomic E-state index is 14.0. The average Bonchev–Trinajstić information content (AvgIpc) is 2.92. The van der Waals surface area contributed by atoms with Crippen molar-refractivity contribution in [2.75, 3.05) is 19.6 Å². The number of hydrogen-bond donors (Lipinski definition) is 1. The molecule has 1 aliphatic rings. The Hall–Kier alpha value is -0.930. The van der Waals surface area contributed by atoms with Gasteiger partial charge in [-0.2, -0.15) is 0 Å². The fourth-order valence-corrected chi connectivity index (χ4v) is 3.32. The lowest BCUT2D eigenvalue weighted by molar-refractivity contribution is 0.233. The van der Waals surface area contributed by atoms with Gasteiger partial charge < -0.3 is 10.2 Å². The van der Waals surface area contributed by atoms with Crippen molar-refractivity contribution in [2.45, 2.75) is 51.6 Å². The molecule has 0 bridgehead atoms. The van der Waals surface area contributed by atoms with Crippen LogP contribution in [-0.4, -0.2) is 30.6 Å². The molecule has 0 amide bonds. The van der Waals surface area contributed by atoms with Crippen molar-refractivity contribution in [1.29, 1.82) is 0 Å². The zero-order valence-electron chi connectivity index (χ0n) is 12.7. The second kappa shape index (κ2) is 7.75. The van der Waals surface area contributed by atoms with Gasteiger partial charge in [0.05, 0.1) is 0 Å². The Morgan fingerprint density at radius 2 is 2.15 bits per heavy atom. The number of halogens is 1. The van der Waals surface area contributed by atoms with Crippen LogP contribution >= 0.6 is 0 Å². The molecule has 0 radical (unpaired) electrons. The molecule has 1 fully saturated rings. The molecular weight excluding hydrogens is 251 g/mol. The summed E-state index contributed by atoms with van der Waals surface area (Å²) in [7, 11) is 0. The number of nitrogens with one attached hydrogen (secondary N) is 1. The van der Waals surface area contributed by atoms with Crippen molar-refractivity contribution in [3.63, 3.8) is 0 Å². The highest BCUT2D eigenvalue weighted by Crippen LogP contribution is 2.24. The molecule has 1 saturated heterocycles. The number of likely N-dealkylation sites (tertiary alicyclic amines) is 1. The van der Waals surface area contributed by atoms with Gasteiger partial charge in [0.25, 0.3) is 0 Å². The molecule has 1 aliphatic heterocycles. The summed E-state index contributed by atoms with van der Waals surface area (Å²) in [6.45, 7) is 7.48. The van der Waals surface area contributed by atoms with Crippen LogP contribution in [0.2, 0.25) is 0 Å². The third-order valence-electron chi connectivity index (χ3n) is 4.41. The summed E-state index contributed by atoms with van der Waals surface area (Å²) in [6.07, 6.45) is 4.84. The smallest absolute Gasteiger partial charge is 0.127 e. The molecule has 2 rings (SSSR count). The molecule has 1 heterocycles. The Labute approximate surface area is 122 Å². The summed E-state index contributed by atoms with van der Waals surface area (Å²) >= 11 is 0. The van der Waals surface area contributed by atoms with Gasteiger partial charge in [0.2, 0.25) is 0 Å². The Bertz CT molecular complexity index is 408. The van der Waals surface area contributed by atoms with E-state index in [1.165, 1.54) is 25.8 Å². The Morgan fingerprint density at radius 1 is 1.35 bits per heavy atom. The predicted molar refractivity (Wildman–Crippen MR) is 82.3 cm³/mol. The first-order valence-electron chi connectivity index (χ1n) is 7.98. The number of benzene rings is 1. The quantitative estimate of drug-likeness (QED) is 0.817. The van der Waals surface area contributed by atoms with Gasteiger partial charge in [-0.3, -0.25) is 0 Å². The summed E-state index contributed by atoms with van der Waals surface area (Å²) in [5.41, 5.74) is 0.807. The predicted octanol–water partition coefficient (Wildman–Crippen LogP) is 3.74. The van der Waals surface area contributed by atoms with E-state index >= 15 is 0 Å². The van der Waals surface area contributed by atoms with Crippen LogP contribution in [0.3, 0.4) is 0 Å².